The van der Waals surface area contributed by atoms with Crippen LogP contribution in [0.5, 0.6) is 11.5 Å². The van der Waals surface area contributed by atoms with Crippen molar-refractivity contribution in [2.24, 2.45) is 0 Å². The van der Waals surface area contributed by atoms with Crippen molar-refractivity contribution in [3.05, 3.63) is 173 Å². The number of fused-ring (bicyclic) bond motifs is 4. The van der Waals surface area contributed by atoms with Gasteiger partial charge in [0.05, 0.1) is 0 Å². The summed E-state index contributed by atoms with van der Waals surface area (Å²) in [5.74, 6) is 1.62. The van der Waals surface area contributed by atoms with Crippen molar-refractivity contribution in [1.29, 1.82) is 0 Å². The molecule has 9 rings (SSSR count). The molecule has 1 aliphatic rings. The Morgan fingerprint density at radius 2 is 1.27 bits per heavy atom. The fourth-order valence-corrected chi connectivity index (χ4v) is 7.87. The molecule has 0 saturated carbocycles. The van der Waals surface area contributed by atoms with Crippen LogP contribution in [-0.4, -0.2) is 9.55 Å². The maximum absolute atomic E-state index is 15.3. The van der Waals surface area contributed by atoms with Crippen molar-refractivity contribution in [2.75, 3.05) is 9.80 Å². The smallest absolute Gasteiger partial charge is 0.144 e. The molecule has 0 unspecified atom stereocenters. The molecule has 55 heavy (non-hydrogen) atoms. The van der Waals surface area contributed by atoms with Crippen molar-refractivity contribution < 1.29 is 30.2 Å². The Balaban J connectivity index is 0.00000427. The molecule has 0 amide bonds. The number of hydrogen-bond acceptors (Lipinski definition) is 4. The van der Waals surface area contributed by atoms with Crippen LogP contribution in [0.1, 0.15) is 33.4 Å². The SMILES string of the molecule is Cc1ccnc(-n2c3[c-]c(Oc4[c-]c(N5[CH-]N(c6ccccc6F)c6ccccc65)cc(-c5c(C)c(C)c(C)c(C)c5C)c4)ccc3c3ccccc32)c1.[Pt]. The molecular formula is C48H38FN4OPt-3. The van der Waals surface area contributed by atoms with Crippen LogP contribution in [0.15, 0.2) is 115 Å². The Hall–Kier alpha value is -5.71. The van der Waals surface area contributed by atoms with Gasteiger partial charge in [-0.05, 0) is 128 Å². The Morgan fingerprint density at radius 1 is 0.618 bits per heavy atom. The van der Waals surface area contributed by atoms with Crippen LogP contribution in [0.3, 0.4) is 0 Å². The van der Waals surface area contributed by atoms with E-state index in [4.69, 9.17) is 9.72 Å². The topological polar surface area (TPSA) is 33.5 Å². The molecule has 6 aromatic carbocycles. The molecule has 1 aliphatic heterocycles. The predicted octanol–water partition coefficient (Wildman–Crippen LogP) is 12.6. The summed E-state index contributed by atoms with van der Waals surface area (Å²) in [7, 11) is 0. The fourth-order valence-electron chi connectivity index (χ4n) is 7.87. The molecule has 3 heterocycles. The maximum atomic E-state index is 15.3. The zero-order chi connectivity index (χ0) is 37.2. The molecule has 8 aromatic rings. The monoisotopic (exact) mass is 900 g/mol. The third-order valence-electron chi connectivity index (χ3n) is 11.0. The summed E-state index contributed by atoms with van der Waals surface area (Å²) in [6.45, 7) is 15.0. The summed E-state index contributed by atoms with van der Waals surface area (Å²) in [5, 5.41) is 2.18. The van der Waals surface area contributed by atoms with Crippen molar-refractivity contribution in [3.63, 3.8) is 0 Å². The largest absolute Gasteiger partial charge is 0.509 e. The van der Waals surface area contributed by atoms with Crippen molar-refractivity contribution in [1.82, 2.24) is 9.55 Å². The third kappa shape index (κ3) is 6.10. The molecule has 0 radical (unpaired) electrons. The summed E-state index contributed by atoms with van der Waals surface area (Å²) in [6, 6.07) is 42.8. The summed E-state index contributed by atoms with van der Waals surface area (Å²) in [5.41, 5.74) is 14.5. The van der Waals surface area contributed by atoms with Gasteiger partial charge in [-0.25, -0.2) is 9.37 Å². The Kier molecular flexibility index (Phi) is 9.35. The number of halogens is 1. The van der Waals surface area contributed by atoms with Gasteiger partial charge in [-0.15, -0.1) is 53.6 Å². The molecule has 0 N–H and O–H groups in total. The van der Waals surface area contributed by atoms with E-state index in [1.807, 2.05) is 66.3 Å². The number of hydrogen-bond donors (Lipinski definition) is 0. The van der Waals surface area contributed by atoms with Crippen LogP contribution in [0.25, 0.3) is 38.8 Å². The van der Waals surface area contributed by atoms with E-state index < -0.39 is 0 Å². The molecule has 0 atom stereocenters. The average molecular weight is 901 g/mol. The molecule has 0 spiro atoms. The van der Waals surface area contributed by atoms with Gasteiger partial charge in [0, 0.05) is 61.3 Å². The van der Waals surface area contributed by atoms with Gasteiger partial charge in [-0.3, -0.25) is 0 Å². The van der Waals surface area contributed by atoms with Gasteiger partial charge in [-0.1, -0.05) is 48.0 Å². The van der Waals surface area contributed by atoms with Crippen LogP contribution in [-0.2, 0) is 21.1 Å². The number of para-hydroxylation sites is 4. The third-order valence-corrected chi connectivity index (χ3v) is 11.0. The second-order valence-electron chi connectivity index (χ2n) is 14.1. The summed E-state index contributed by atoms with van der Waals surface area (Å²) >= 11 is 0. The number of benzene rings is 6. The minimum absolute atomic E-state index is 0. The second kappa shape index (κ2) is 14.2. The number of ether oxygens (including phenoxy) is 1. The standard InChI is InChI=1S/C48H38FN4O.Pt/c1-29-21-22-50-47(23-29)53-42-15-9-7-13-39(42)40-20-19-37(27-46(40)53)54-38-25-35(48-33(5)31(3)30(2)32(4)34(48)6)24-36(26-38)51-28-52(43-16-10-8-14-41(43)49)45-18-12-11-17-44(45)51;/h7-25,28H,1-6H3;/q-3;. The quantitative estimate of drug-likeness (QED) is 0.156. The van der Waals surface area contributed by atoms with E-state index >= 15 is 4.39 Å². The van der Waals surface area contributed by atoms with E-state index in [-0.39, 0.29) is 26.9 Å². The number of pyridine rings is 1. The fraction of sp³-hybridized carbons (Fsp3) is 0.125. The molecule has 7 heteroatoms. The van der Waals surface area contributed by atoms with Crippen LogP contribution in [0.4, 0.5) is 27.1 Å². The van der Waals surface area contributed by atoms with Crippen LogP contribution in [0, 0.1) is 66.2 Å². The Bertz CT molecular complexity index is 2760. The van der Waals surface area contributed by atoms with Crippen LogP contribution in [0.2, 0.25) is 0 Å². The Labute approximate surface area is 335 Å². The van der Waals surface area contributed by atoms with Gasteiger partial charge in [0.15, 0.2) is 0 Å². The van der Waals surface area contributed by atoms with Gasteiger partial charge in [0.25, 0.3) is 0 Å². The molecule has 0 aliphatic carbocycles. The first-order chi connectivity index (χ1) is 26.2. The number of nitrogens with zero attached hydrogens (tertiary/aromatic N) is 4. The molecular weight excluding hydrogens is 863 g/mol. The molecule has 2 aromatic heterocycles. The Morgan fingerprint density at radius 3 is 2.00 bits per heavy atom. The normalized spacial score (nSPS) is 12.3. The summed E-state index contributed by atoms with van der Waals surface area (Å²) in [4.78, 5) is 8.70. The van der Waals surface area contributed by atoms with Crippen molar-refractivity contribution in [3.8, 4) is 28.4 Å². The number of rotatable bonds is 6. The van der Waals surface area contributed by atoms with Gasteiger partial charge in [0.1, 0.15) is 11.6 Å². The molecule has 5 nitrogen and oxygen atoms in total. The zero-order valence-corrected chi connectivity index (χ0v) is 33.7. The first-order valence-electron chi connectivity index (χ1n) is 18.2. The van der Waals surface area contributed by atoms with E-state index in [1.165, 1.54) is 39.4 Å². The van der Waals surface area contributed by atoms with Gasteiger partial charge < -0.3 is 19.1 Å². The van der Waals surface area contributed by atoms with Crippen molar-refractivity contribution >= 4 is 44.6 Å². The first kappa shape index (κ1) is 36.3. The molecule has 0 fully saturated rings. The molecule has 0 bridgehead atoms. The number of anilines is 4. The zero-order valence-electron chi connectivity index (χ0n) is 31.4. The van der Waals surface area contributed by atoms with Crippen molar-refractivity contribution in [2.45, 2.75) is 41.5 Å². The summed E-state index contributed by atoms with van der Waals surface area (Å²) < 4.78 is 24.2. The maximum Gasteiger partial charge on any atom is 0.144 e. The average Bonchev–Trinajstić information content (AvgIpc) is 3.72. The molecule has 276 valence electrons. The van der Waals surface area contributed by atoms with E-state index in [0.29, 0.717) is 17.2 Å². The predicted molar refractivity (Wildman–Crippen MR) is 218 cm³/mol. The van der Waals surface area contributed by atoms with Gasteiger partial charge in [-0.2, -0.15) is 6.07 Å². The summed E-state index contributed by atoms with van der Waals surface area (Å²) in [6.07, 6.45) is 1.84. The number of aryl methyl sites for hydroxylation is 1. The number of aromatic nitrogens is 2. The van der Waals surface area contributed by atoms with Crippen LogP contribution >= 0.6 is 0 Å². The van der Waals surface area contributed by atoms with E-state index in [9.17, 15) is 0 Å². The van der Waals surface area contributed by atoms with E-state index in [2.05, 4.69) is 106 Å². The molecule has 0 saturated heterocycles. The minimum Gasteiger partial charge on any atom is -0.509 e. The van der Waals surface area contributed by atoms with Gasteiger partial charge >= 0.3 is 0 Å². The van der Waals surface area contributed by atoms with E-state index in [0.717, 1.165) is 55.8 Å². The van der Waals surface area contributed by atoms with Gasteiger partial charge in [0.2, 0.25) is 0 Å². The minimum atomic E-state index is -0.298. The van der Waals surface area contributed by atoms with Crippen LogP contribution < -0.4 is 14.5 Å². The second-order valence-corrected chi connectivity index (χ2v) is 14.1. The van der Waals surface area contributed by atoms with E-state index in [1.54, 1.807) is 12.1 Å². The first-order valence-corrected chi connectivity index (χ1v) is 18.2.